The van der Waals surface area contributed by atoms with Crippen LogP contribution in [0.15, 0.2) is 18.2 Å². The van der Waals surface area contributed by atoms with Crippen molar-refractivity contribution >= 4 is 46.7 Å². The molecule has 0 radical (unpaired) electrons. The molecule has 1 atom stereocenters. The number of urea groups is 1. The quantitative estimate of drug-likeness (QED) is 0.883. The van der Waals surface area contributed by atoms with Crippen LogP contribution in [0.3, 0.4) is 0 Å². The Morgan fingerprint density at radius 3 is 2.85 bits per heavy atom. The highest BCUT2D eigenvalue weighted by atomic mass is 35.5. The Balaban J connectivity index is 1.87. The smallest absolute Gasteiger partial charge is 0.319 e. The zero-order chi connectivity index (χ0) is 14.6. The topological polar surface area (TPSA) is 50.4 Å². The molecule has 7 heteroatoms. The number of rotatable bonds is 4. The summed E-state index contributed by atoms with van der Waals surface area (Å²) in [6, 6.07) is 4.67. The molecule has 1 aromatic carbocycles. The molecule has 2 rings (SSSR count). The molecule has 0 saturated carbocycles. The number of hydrogen-bond acceptors (Lipinski definition) is 3. The molecule has 0 aromatic heterocycles. The van der Waals surface area contributed by atoms with Gasteiger partial charge in [0, 0.05) is 25.1 Å². The first-order valence-corrected chi connectivity index (χ1v) is 8.08. The summed E-state index contributed by atoms with van der Waals surface area (Å²) in [5, 5.41) is 6.42. The van der Waals surface area contributed by atoms with Gasteiger partial charge in [-0.3, -0.25) is 0 Å². The van der Waals surface area contributed by atoms with E-state index < -0.39 is 0 Å². The molecular weight excluding hydrogens is 319 g/mol. The second-order valence-corrected chi connectivity index (χ2v) is 6.55. The number of carbonyl (C=O) groups excluding carboxylic acids is 1. The fraction of sp³-hybridized carbons (Fsp3) is 0.462. The van der Waals surface area contributed by atoms with Crippen LogP contribution in [0.4, 0.5) is 10.5 Å². The summed E-state index contributed by atoms with van der Waals surface area (Å²) in [6.07, 6.45) is 0.946. The summed E-state index contributed by atoms with van der Waals surface area (Å²) in [7, 11) is 1.68. The number of thioether (sulfide) groups is 1. The highest BCUT2D eigenvalue weighted by Gasteiger charge is 2.34. The van der Waals surface area contributed by atoms with Crippen LogP contribution in [0.2, 0.25) is 10.0 Å². The van der Waals surface area contributed by atoms with Gasteiger partial charge in [0.15, 0.2) is 0 Å². The van der Waals surface area contributed by atoms with Crippen molar-refractivity contribution in [2.24, 2.45) is 0 Å². The van der Waals surface area contributed by atoms with E-state index in [0.717, 1.165) is 17.9 Å². The van der Waals surface area contributed by atoms with Crippen molar-refractivity contribution in [1.82, 2.24) is 5.32 Å². The van der Waals surface area contributed by atoms with Gasteiger partial charge in [-0.15, -0.1) is 0 Å². The van der Waals surface area contributed by atoms with Crippen LogP contribution in [0.1, 0.15) is 6.42 Å². The minimum Gasteiger partial charge on any atom is -0.376 e. The van der Waals surface area contributed by atoms with Crippen molar-refractivity contribution in [1.29, 1.82) is 0 Å². The molecular formula is C13H16Cl2N2O2S. The average molecular weight is 335 g/mol. The molecule has 1 aliphatic heterocycles. The van der Waals surface area contributed by atoms with Gasteiger partial charge in [0.2, 0.25) is 0 Å². The van der Waals surface area contributed by atoms with Crippen molar-refractivity contribution in [2.45, 2.75) is 12.0 Å². The fourth-order valence-electron chi connectivity index (χ4n) is 1.95. The SMILES string of the molecule is CO[C@]1(CNC(=O)Nc2ccc(Cl)c(Cl)c2)CCSC1. The third-order valence-corrected chi connectivity index (χ3v) is 5.21. The van der Waals surface area contributed by atoms with E-state index in [4.69, 9.17) is 27.9 Å². The zero-order valence-electron chi connectivity index (χ0n) is 11.0. The molecule has 2 amide bonds. The van der Waals surface area contributed by atoms with E-state index in [1.165, 1.54) is 0 Å². The van der Waals surface area contributed by atoms with Crippen LogP contribution < -0.4 is 10.6 Å². The van der Waals surface area contributed by atoms with Crippen LogP contribution in [0.25, 0.3) is 0 Å². The summed E-state index contributed by atoms with van der Waals surface area (Å²) in [5.41, 5.74) is 0.351. The second kappa shape index (κ2) is 6.89. The van der Waals surface area contributed by atoms with E-state index in [0.29, 0.717) is 22.3 Å². The van der Waals surface area contributed by atoms with Gasteiger partial charge < -0.3 is 15.4 Å². The van der Waals surface area contributed by atoms with Gasteiger partial charge in [-0.25, -0.2) is 4.79 Å². The van der Waals surface area contributed by atoms with Gasteiger partial charge in [0.05, 0.1) is 15.6 Å². The fourth-order valence-corrected chi connectivity index (χ4v) is 3.65. The van der Waals surface area contributed by atoms with E-state index in [1.807, 2.05) is 11.8 Å². The summed E-state index contributed by atoms with van der Waals surface area (Å²) in [5.74, 6) is 1.96. The lowest BCUT2D eigenvalue weighted by Gasteiger charge is -2.26. The monoisotopic (exact) mass is 334 g/mol. The van der Waals surface area contributed by atoms with Crippen molar-refractivity contribution < 1.29 is 9.53 Å². The highest BCUT2D eigenvalue weighted by molar-refractivity contribution is 7.99. The highest BCUT2D eigenvalue weighted by Crippen LogP contribution is 2.30. The third-order valence-electron chi connectivity index (χ3n) is 3.25. The van der Waals surface area contributed by atoms with Crippen molar-refractivity contribution in [3.8, 4) is 0 Å². The molecule has 0 bridgehead atoms. The second-order valence-electron chi connectivity index (χ2n) is 4.63. The lowest BCUT2D eigenvalue weighted by atomic mass is 10.0. The number of methoxy groups -OCH3 is 1. The maximum absolute atomic E-state index is 11.9. The lowest BCUT2D eigenvalue weighted by molar-refractivity contribution is 0.0161. The maximum Gasteiger partial charge on any atom is 0.319 e. The van der Waals surface area contributed by atoms with Crippen molar-refractivity contribution in [3.63, 3.8) is 0 Å². The molecule has 1 saturated heterocycles. The third kappa shape index (κ3) is 3.95. The van der Waals surface area contributed by atoms with Gasteiger partial charge >= 0.3 is 6.03 Å². The number of hydrogen-bond donors (Lipinski definition) is 2. The van der Waals surface area contributed by atoms with Gasteiger partial charge in [0.25, 0.3) is 0 Å². The van der Waals surface area contributed by atoms with Gasteiger partial charge in [0.1, 0.15) is 0 Å². The number of amides is 2. The Kier molecular flexibility index (Phi) is 5.43. The first-order chi connectivity index (χ1) is 9.54. The molecule has 1 heterocycles. The normalized spacial score (nSPS) is 21.8. The molecule has 110 valence electrons. The average Bonchev–Trinajstić information content (AvgIpc) is 2.90. The van der Waals surface area contributed by atoms with Crippen LogP contribution in [0, 0.1) is 0 Å². The minimum atomic E-state index is -0.281. The van der Waals surface area contributed by atoms with Crippen molar-refractivity contribution in [3.05, 3.63) is 28.2 Å². The van der Waals surface area contributed by atoms with E-state index in [-0.39, 0.29) is 11.6 Å². The van der Waals surface area contributed by atoms with E-state index in [1.54, 1.807) is 25.3 Å². The van der Waals surface area contributed by atoms with Crippen LogP contribution in [0.5, 0.6) is 0 Å². The maximum atomic E-state index is 11.9. The summed E-state index contributed by atoms with van der Waals surface area (Å²) in [6.45, 7) is 0.490. The molecule has 0 aliphatic carbocycles. The van der Waals surface area contributed by atoms with E-state index >= 15 is 0 Å². The van der Waals surface area contributed by atoms with Gasteiger partial charge in [-0.05, 0) is 30.4 Å². The van der Waals surface area contributed by atoms with Crippen LogP contribution >= 0.6 is 35.0 Å². The number of ether oxygens (including phenoxy) is 1. The molecule has 1 aliphatic rings. The first-order valence-electron chi connectivity index (χ1n) is 6.17. The zero-order valence-corrected chi connectivity index (χ0v) is 13.4. The Hall–Kier alpha value is -0.620. The molecule has 0 unspecified atom stereocenters. The molecule has 1 fully saturated rings. The summed E-state index contributed by atoms with van der Waals surface area (Å²) >= 11 is 13.6. The molecule has 0 spiro atoms. The number of halogens is 2. The number of anilines is 1. The van der Waals surface area contributed by atoms with Crippen LogP contribution in [-0.2, 0) is 4.74 Å². The Labute approximate surface area is 132 Å². The van der Waals surface area contributed by atoms with Gasteiger partial charge in [-0.1, -0.05) is 23.2 Å². The Bertz CT molecular complexity index is 493. The summed E-state index contributed by atoms with van der Waals surface area (Å²) < 4.78 is 5.53. The number of carbonyl (C=O) groups is 1. The first kappa shape index (κ1) is 15.8. The minimum absolute atomic E-state index is 0.250. The Morgan fingerprint density at radius 1 is 1.45 bits per heavy atom. The lowest BCUT2D eigenvalue weighted by Crippen LogP contribution is -2.45. The van der Waals surface area contributed by atoms with E-state index in [9.17, 15) is 4.79 Å². The molecule has 4 nitrogen and oxygen atoms in total. The predicted molar refractivity (Wildman–Crippen MR) is 85.2 cm³/mol. The standard InChI is InChI=1S/C13H16Cl2N2O2S/c1-19-13(4-5-20-8-13)7-16-12(18)17-9-2-3-10(14)11(15)6-9/h2-3,6H,4-5,7-8H2,1H3,(H2,16,17,18)/t13-/m0/s1. The van der Waals surface area contributed by atoms with Crippen LogP contribution in [-0.4, -0.2) is 36.8 Å². The number of benzene rings is 1. The largest absolute Gasteiger partial charge is 0.376 e. The predicted octanol–water partition coefficient (Wildman–Crippen LogP) is 3.64. The summed E-state index contributed by atoms with van der Waals surface area (Å²) in [4.78, 5) is 11.9. The molecule has 2 N–H and O–H groups in total. The Morgan fingerprint density at radius 2 is 2.25 bits per heavy atom. The molecule has 20 heavy (non-hydrogen) atoms. The van der Waals surface area contributed by atoms with Gasteiger partial charge in [-0.2, -0.15) is 11.8 Å². The van der Waals surface area contributed by atoms with Crippen molar-refractivity contribution in [2.75, 3.05) is 30.5 Å². The number of nitrogens with one attached hydrogen (secondary N) is 2. The van der Waals surface area contributed by atoms with E-state index in [2.05, 4.69) is 10.6 Å². The molecule has 1 aromatic rings.